The highest BCUT2D eigenvalue weighted by atomic mass is 32.1. The summed E-state index contributed by atoms with van der Waals surface area (Å²) in [7, 11) is 0. The highest BCUT2D eigenvalue weighted by Crippen LogP contribution is 2.46. The lowest BCUT2D eigenvalue weighted by atomic mass is 10.1. The van der Waals surface area contributed by atoms with Crippen molar-refractivity contribution in [1.29, 1.82) is 0 Å². The molecule has 2 aromatic rings. The van der Waals surface area contributed by atoms with Crippen LogP contribution < -0.4 is 5.32 Å². The Kier molecular flexibility index (Phi) is 2.34. The molecule has 2 fully saturated rings. The summed E-state index contributed by atoms with van der Waals surface area (Å²) in [5.41, 5.74) is 0.897. The van der Waals surface area contributed by atoms with Crippen molar-refractivity contribution in [2.45, 2.75) is 31.7 Å². The van der Waals surface area contributed by atoms with Gasteiger partial charge >= 0.3 is 0 Å². The van der Waals surface area contributed by atoms with Crippen molar-refractivity contribution in [3.05, 3.63) is 24.0 Å². The van der Waals surface area contributed by atoms with Crippen LogP contribution in [0.1, 0.15) is 25.7 Å². The molecule has 1 aromatic carbocycles. The van der Waals surface area contributed by atoms with Gasteiger partial charge in [0, 0.05) is 6.04 Å². The van der Waals surface area contributed by atoms with E-state index in [9.17, 15) is 4.39 Å². The monoisotopic (exact) mass is 262 g/mol. The first kappa shape index (κ1) is 10.7. The molecule has 0 saturated heterocycles. The van der Waals surface area contributed by atoms with Gasteiger partial charge in [-0.3, -0.25) is 0 Å². The predicted molar refractivity (Wildman–Crippen MR) is 72.4 cm³/mol. The second-order valence-corrected chi connectivity index (χ2v) is 6.51. The molecule has 1 N–H and O–H groups in total. The number of aromatic nitrogens is 1. The van der Waals surface area contributed by atoms with Gasteiger partial charge in [0.1, 0.15) is 5.82 Å². The first-order valence-electron chi connectivity index (χ1n) is 6.62. The Balaban J connectivity index is 1.61. The van der Waals surface area contributed by atoms with E-state index in [0.717, 1.165) is 27.2 Å². The number of hydrogen-bond donors (Lipinski definition) is 1. The predicted octanol–water partition coefficient (Wildman–Crippen LogP) is 4.04. The van der Waals surface area contributed by atoms with Crippen molar-refractivity contribution < 1.29 is 4.39 Å². The van der Waals surface area contributed by atoms with Crippen LogP contribution in [0.3, 0.4) is 0 Å². The van der Waals surface area contributed by atoms with Gasteiger partial charge in [-0.25, -0.2) is 9.37 Å². The van der Waals surface area contributed by atoms with Crippen LogP contribution in [0, 0.1) is 17.7 Å². The normalized spacial score (nSPS) is 19.7. The lowest BCUT2D eigenvalue weighted by molar-refractivity contribution is 0.567. The molecule has 0 radical (unpaired) electrons. The van der Waals surface area contributed by atoms with Crippen LogP contribution >= 0.6 is 11.3 Å². The first-order chi connectivity index (χ1) is 8.79. The van der Waals surface area contributed by atoms with Crippen molar-refractivity contribution in [1.82, 2.24) is 4.98 Å². The standard InChI is InChI=1S/C14H15FN2S/c15-10-5-6-11-12(7-10)18-14(16-11)17-13(8-1-2-8)9-3-4-9/h5-9,13H,1-4H2,(H,16,17). The van der Waals surface area contributed by atoms with Crippen molar-refractivity contribution in [2.24, 2.45) is 11.8 Å². The van der Waals surface area contributed by atoms with Crippen LogP contribution in [0.5, 0.6) is 0 Å². The van der Waals surface area contributed by atoms with Gasteiger partial charge in [-0.1, -0.05) is 11.3 Å². The zero-order chi connectivity index (χ0) is 12.1. The van der Waals surface area contributed by atoms with Crippen LogP contribution in [0.25, 0.3) is 10.2 Å². The molecule has 18 heavy (non-hydrogen) atoms. The number of hydrogen-bond acceptors (Lipinski definition) is 3. The Morgan fingerprint density at radius 1 is 1.22 bits per heavy atom. The number of nitrogens with one attached hydrogen (secondary N) is 1. The minimum atomic E-state index is -0.182. The summed E-state index contributed by atoms with van der Waals surface area (Å²) in [6.45, 7) is 0. The third kappa shape index (κ3) is 1.99. The summed E-state index contributed by atoms with van der Waals surface area (Å²) in [6, 6.07) is 5.41. The van der Waals surface area contributed by atoms with Crippen molar-refractivity contribution in [3.63, 3.8) is 0 Å². The van der Waals surface area contributed by atoms with E-state index in [0.29, 0.717) is 6.04 Å². The maximum absolute atomic E-state index is 13.1. The van der Waals surface area contributed by atoms with Crippen molar-refractivity contribution in [2.75, 3.05) is 5.32 Å². The minimum absolute atomic E-state index is 0.182. The van der Waals surface area contributed by atoms with Crippen LogP contribution in [0.15, 0.2) is 18.2 Å². The van der Waals surface area contributed by atoms with E-state index in [1.807, 2.05) is 0 Å². The van der Waals surface area contributed by atoms with Gasteiger partial charge in [0.25, 0.3) is 0 Å². The Bertz CT molecular complexity index is 574. The Hall–Kier alpha value is -1.16. The van der Waals surface area contributed by atoms with Crippen LogP contribution in [-0.4, -0.2) is 11.0 Å². The highest BCUT2D eigenvalue weighted by Gasteiger charge is 2.41. The average molecular weight is 262 g/mol. The molecule has 1 aromatic heterocycles. The molecule has 2 aliphatic carbocycles. The second-order valence-electron chi connectivity index (χ2n) is 5.48. The lowest BCUT2D eigenvalue weighted by Gasteiger charge is -2.16. The molecule has 0 unspecified atom stereocenters. The zero-order valence-corrected chi connectivity index (χ0v) is 10.8. The molecule has 0 amide bonds. The number of benzene rings is 1. The summed E-state index contributed by atoms with van der Waals surface area (Å²) in [6.07, 6.45) is 5.42. The van der Waals surface area contributed by atoms with Gasteiger partial charge < -0.3 is 5.32 Å². The summed E-state index contributed by atoms with van der Waals surface area (Å²) in [5, 5.41) is 4.55. The van der Waals surface area contributed by atoms with E-state index in [1.165, 1.54) is 31.7 Å². The summed E-state index contributed by atoms with van der Waals surface area (Å²) < 4.78 is 14.1. The van der Waals surface area contributed by atoms with Crippen LogP contribution in [0.2, 0.25) is 0 Å². The van der Waals surface area contributed by atoms with Crippen molar-refractivity contribution >= 4 is 26.7 Å². The average Bonchev–Trinajstić information content (AvgIpc) is 3.23. The number of halogens is 1. The molecule has 4 heteroatoms. The zero-order valence-electron chi connectivity index (χ0n) is 10.0. The third-order valence-corrected chi connectivity index (χ3v) is 4.85. The number of rotatable bonds is 4. The van der Waals surface area contributed by atoms with Gasteiger partial charge in [0.05, 0.1) is 10.2 Å². The molecule has 0 atom stereocenters. The molecular weight excluding hydrogens is 247 g/mol. The van der Waals surface area contributed by atoms with E-state index >= 15 is 0 Å². The fraction of sp³-hybridized carbons (Fsp3) is 0.500. The fourth-order valence-corrected chi connectivity index (χ4v) is 3.57. The van der Waals surface area contributed by atoms with Gasteiger partial charge in [-0.15, -0.1) is 0 Å². The SMILES string of the molecule is Fc1ccc2nc(NC(C3CC3)C3CC3)sc2c1. The Labute approximate surface area is 109 Å². The highest BCUT2D eigenvalue weighted by molar-refractivity contribution is 7.22. The number of anilines is 1. The molecule has 0 bridgehead atoms. The van der Waals surface area contributed by atoms with Gasteiger partial charge in [0.2, 0.25) is 0 Å². The minimum Gasteiger partial charge on any atom is -0.358 e. The van der Waals surface area contributed by atoms with E-state index in [-0.39, 0.29) is 5.82 Å². The fourth-order valence-electron chi connectivity index (χ4n) is 2.63. The molecule has 1 heterocycles. The first-order valence-corrected chi connectivity index (χ1v) is 7.44. The summed E-state index contributed by atoms with van der Waals surface area (Å²) >= 11 is 1.57. The molecule has 4 rings (SSSR count). The smallest absolute Gasteiger partial charge is 0.184 e. The Morgan fingerprint density at radius 2 is 1.94 bits per heavy atom. The molecule has 0 spiro atoms. The molecule has 2 aliphatic rings. The summed E-state index contributed by atoms with van der Waals surface area (Å²) in [4.78, 5) is 4.55. The van der Waals surface area contributed by atoms with E-state index in [1.54, 1.807) is 23.5 Å². The number of nitrogens with zero attached hydrogens (tertiary/aromatic N) is 1. The topological polar surface area (TPSA) is 24.9 Å². The molecule has 2 saturated carbocycles. The number of fused-ring (bicyclic) bond motifs is 1. The lowest BCUT2D eigenvalue weighted by Crippen LogP contribution is -2.23. The third-order valence-electron chi connectivity index (χ3n) is 3.90. The molecule has 2 nitrogen and oxygen atoms in total. The second kappa shape index (κ2) is 3.92. The van der Waals surface area contributed by atoms with E-state index in [2.05, 4.69) is 10.3 Å². The maximum Gasteiger partial charge on any atom is 0.184 e. The molecule has 94 valence electrons. The van der Waals surface area contributed by atoms with Gasteiger partial charge in [-0.2, -0.15) is 0 Å². The summed E-state index contributed by atoms with van der Waals surface area (Å²) in [5.74, 6) is 1.51. The van der Waals surface area contributed by atoms with Crippen LogP contribution in [0.4, 0.5) is 9.52 Å². The maximum atomic E-state index is 13.1. The van der Waals surface area contributed by atoms with E-state index < -0.39 is 0 Å². The molecule has 0 aliphatic heterocycles. The van der Waals surface area contributed by atoms with Crippen LogP contribution in [-0.2, 0) is 0 Å². The van der Waals surface area contributed by atoms with Gasteiger partial charge in [0.15, 0.2) is 5.13 Å². The number of thiazole rings is 1. The molecular formula is C14H15FN2S. The Morgan fingerprint density at radius 3 is 2.61 bits per heavy atom. The van der Waals surface area contributed by atoms with Crippen molar-refractivity contribution in [3.8, 4) is 0 Å². The van der Waals surface area contributed by atoms with Gasteiger partial charge in [-0.05, 0) is 55.7 Å². The van der Waals surface area contributed by atoms with E-state index in [4.69, 9.17) is 0 Å². The quantitative estimate of drug-likeness (QED) is 0.899. The largest absolute Gasteiger partial charge is 0.358 e.